The van der Waals surface area contributed by atoms with Gasteiger partial charge in [-0.15, -0.1) is 0 Å². The van der Waals surface area contributed by atoms with Crippen LogP contribution in [0.2, 0.25) is 0 Å². The van der Waals surface area contributed by atoms with Crippen LogP contribution in [0.4, 0.5) is 5.69 Å². The van der Waals surface area contributed by atoms with Crippen LogP contribution >= 0.6 is 0 Å². The van der Waals surface area contributed by atoms with Crippen LogP contribution in [0.5, 0.6) is 0 Å². The van der Waals surface area contributed by atoms with Crippen molar-refractivity contribution in [3.8, 4) is 0 Å². The average Bonchev–Trinajstić information content (AvgIpc) is 2.85. The maximum absolute atomic E-state index is 12.4. The van der Waals surface area contributed by atoms with E-state index in [1.165, 1.54) is 4.90 Å². The van der Waals surface area contributed by atoms with Crippen molar-refractivity contribution >= 4 is 23.3 Å². The first-order chi connectivity index (χ1) is 11.4. The first kappa shape index (κ1) is 20.1. The van der Waals surface area contributed by atoms with Crippen molar-refractivity contribution in [3.63, 3.8) is 0 Å². The van der Waals surface area contributed by atoms with E-state index >= 15 is 0 Å². The van der Waals surface area contributed by atoms with Crippen LogP contribution < -0.4 is 4.90 Å². The molecule has 0 N–H and O–H groups in total. The highest BCUT2D eigenvalue weighted by molar-refractivity contribution is 6.20. The smallest absolute Gasteiger partial charge is 0.237 e. The molecule has 1 aliphatic rings. The van der Waals surface area contributed by atoms with Crippen molar-refractivity contribution in [2.45, 2.75) is 60.3 Å². The number of amides is 2. The molecule has 0 saturated carbocycles. The summed E-state index contributed by atoms with van der Waals surface area (Å²) in [6.45, 7) is 9.54. The van der Waals surface area contributed by atoms with Crippen LogP contribution in [-0.4, -0.2) is 17.6 Å². The van der Waals surface area contributed by atoms with E-state index in [2.05, 4.69) is 0 Å². The molecule has 0 aliphatic carbocycles. The second-order valence-electron chi connectivity index (χ2n) is 6.34. The fourth-order valence-corrected chi connectivity index (χ4v) is 2.80. The SMILES string of the molecule is CC.CC(=O)CCCc1ccc(N2C(=O)CC(C(C)C)C2=O)cc1. The topological polar surface area (TPSA) is 54.5 Å². The average molecular weight is 331 g/mol. The molecular weight excluding hydrogens is 302 g/mol. The Morgan fingerprint density at radius 2 is 1.75 bits per heavy atom. The third-order valence-corrected chi connectivity index (χ3v) is 4.18. The summed E-state index contributed by atoms with van der Waals surface area (Å²) in [5.74, 6) is -0.0444. The zero-order chi connectivity index (χ0) is 18.3. The molecule has 0 radical (unpaired) electrons. The summed E-state index contributed by atoms with van der Waals surface area (Å²) >= 11 is 0. The minimum Gasteiger partial charge on any atom is -0.300 e. The number of nitrogens with zero attached hydrogens (tertiary/aromatic N) is 1. The predicted octanol–water partition coefficient (Wildman–Crippen LogP) is 4.16. The molecule has 2 rings (SSSR count). The lowest BCUT2D eigenvalue weighted by Crippen LogP contribution is -2.31. The quantitative estimate of drug-likeness (QED) is 0.736. The van der Waals surface area contributed by atoms with Crippen molar-refractivity contribution in [2.24, 2.45) is 11.8 Å². The molecule has 4 heteroatoms. The lowest BCUT2D eigenvalue weighted by molar-refractivity contribution is -0.123. The fraction of sp³-hybridized carbons (Fsp3) is 0.550. The largest absolute Gasteiger partial charge is 0.300 e. The molecule has 24 heavy (non-hydrogen) atoms. The number of hydrogen-bond acceptors (Lipinski definition) is 3. The molecular formula is C20H29NO3. The Bertz CT molecular complexity index is 575. The van der Waals surface area contributed by atoms with Gasteiger partial charge in [0.05, 0.1) is 11.6 Å². The van der Waals surface area contributed by atoms with E-state index in [4.69, 9.17) is 0 Å². The van der Waals surface area contributed by atoms with Gasteiger partial charge in [0.2, 0.25) is 11.8 Å². The second-order valence-corrected chi connectivity index (χ2v) is 6.34. The Kier molecular flexibility index (Phi) is 7.83. The van der Waals surface area contributed by atoms with E-state index < -0.39 is 0 Å². The Hall–Kier alpha value is -1.97. The van der Waals surface area contributed by atoms with E-state index in [9.17, 15) is 14.4 Å². The van der Waals surface area contributed by atoms with Crippen molar-refractivity contribution < 1.29 is 14.4 Å². The van der Waals surface area contributed by atoms with Gasteiger partial charge < -0.3 is 4.79 Å². The highest BCUT2D eigenvalue weighted by Gasteiger charge is 2.40. The number of hydrogen-bond donors (Lipinski definition) is 0. The summed E-state index contributed by atoms with van der Waals surface area (Å²) in [6.07, 6.45) is 2.54. The summed E-state index contributed by atoms with van der Waals surface area (Å²) in [6, 6.07) is 7.50. The number of ketones is 1. The van der Waals surface area contributed by atoms with Crippen molar-refractivity contribution in [1.82, 2.24) is 0 Å². The van der Waals surface area contributed by atoms with Crippen molar-refractivity contribution in [1.29, 1.82) is 0 Å². The first-order valence-electron chi connectivity index (χ1n) is 8.85. The van der Waals surface area contributed by atoms with Gasteiger partial charge in [0, 0.05) is 12.8 Å². The zero-order valence-corrected chi connectivity index (χ0v) is 15.5. The van der Waals surface area contributed by atoms with E-state index in [-0.39, 0.29) is 29.4 Å². The standard InChI is InChI=1S/C18H23NO3.C2H6/c1-12(2)16-11-17(21)19(18(16)22)15-9-7-14(8-10-15)6-4-5-13(3)20;1-2/h7-10,12,16H,4-6,11H2,1-3H3;1-2H3. The minimum atomic E-state index is -0.206. The molecule has 132 valence electrons. The fourth-order valence-electron chi connectivity index (χ4n) is 2.80. The van der Waals surface area contributed by atoms with Gasteiger partial charge in [-0.25, -0.2) is 0 Å². The lowest BCUT2D eigenvalue weighted by Gasteiger charge is -2.16. The number of imide groups is 1. The van der Waals surface area contributed by atoms with Gasteiger partial charge in [-0.2, -0.15) is 0 Å². The lowest BCUT2D eigenvalue weighted by atomic mass is 9.94. The van der Waals surface area contributed by atoms with Crippen molar-refractivity contribution in [3.05, 3.63) is 29.8 Å². The number of carbonyl (C=O) groups excluding carboxylic acids is 3. The molecule has 0 spiro atoms. The first-order valence-corrected chi connectivity index (χ1v) is 8.85. The summed E-state index contributed by atoms with van der Waals surface area (Å²) in [4.78, 5) is 36.7. The van der Waals surface area contributed by atoms with Gasteiger partial charge in [0.25, 0.3) is 0 Å². The normalized spacial score (nSPS) is 17.1. The molecule has 1 atom stereocenters. The van der Waals surface area contributed by atoms with Crippen LogP contribution in [-0.2, 0) is 20.8 Å². The van der Waals surface area contributed by atoms with Gasteiger partial charge in [-0.3, -0.25) is 14.5 Å². The van der Waals surface area contributed by atoms with E-state index in [0.29, 0.717) is 18.5 Å². The Morgan fingerprint density at radius 3 is 2.21 bits per heavy atom. The van der Waals surface area contributed by atoms with Gasteiger partial charge in [-0.1, -0.05) is 39.8 Å². The van der Waals surface area contributed by atoms with Crippen LogP contribution in [0.1, 0.15) is 59.4 Å². The summed E-state index contributed by atoms with van der Waals surface area (Å²) in [5, 5.41) is 0. The molecule has 1 saturated heterocycles. The number of benzene rings is 1. The monoisotopic (exact) mass is 331 g/mol. The van der Waals surface area contributed by atoms with E-state index in [0.717, 1.165) is 18.4 Å². The maximum Gasteiger partial charge on any atom is 0.237 e. The predicted molar refractivity (Wildman–Crippen MR) is 96.8 cm³/mol. The molecule has 2 amide bonds. The van der Waals surface area contributed by atoms with Crippen LogP contribution in [0.25, 0.3) is 0 Å². The molecule has 1 aromatic carbocycles. The number of aryl methyl sites for hydroxylation is 1. The zero-order valence-electron chi connectivity index (χ0n) is 15.5. The van der Waals surface area contributed by atoms with Crippen LogP contribution in [0.3, 0.4) is 0 Å². The molecule has 1 aliphatic heterocycles. The number of Topliss-reactive ketones (excluding diaryl/α,β-unsaturated/α-hetero) is 1. The van der Waals surface area contributed by atoms with E-state index in [1.807, 2.05) is 52.0 Å². The minimum absolute atomic E-state index is 0.0932. The molecule has 1 aromatic rings. The molecule has 0 aromatic heterocycles. The van der Waals surface area contributed by atoms with Crippen molar-refractivity contribution in [2.75, 3.05) is 4.90 Å². The molecule has 1 fully saturated rings. The van der Waals surface area contributed by atoms with Gasteiger partial charge in [0.15, 0.2) is 0 Å². The maximum atomic E-state index is 12.4. The Balaban J connectivity index is 0.00000139. The number of anilines is 1. The van der Waals surface area contributed by atoms with Crippen LogP contribution in [0.15, 0.2) is 24.3 Å². The highest BCUT2D eigenvalue weighted by Crippen LogP contribution is 2.30. The Morgan fingerprint density at radius 1 is 1.17 bits per heavy atom. The van der Waals surface area contributed by atoms with Gasteiger partial charge in [-0.05, 0) is 43.4 Å². The Labute approximate surface area is 145 Å². The third kappa shape index (κ3) is 5.02. The highest BCUT2D eigenvalue weighted by atomic mass is 16.2. The third-order valence-electron chi connectivity index (χ3n) is 4.18. The molecule has 1 unspecified atom stereocenters. The summed E-state index contributed by atoms with van der Waals surface area (Å²) in [5.41, 5.74) is 1.76. The van der Waals surface area contributed by atoms with Crippen LogP contribution in [0, 0.1) is 11.8 Å². The number of rotatable bonds is 6. The summed E-state index contributed by atoms with van der Waals surface area (Å²) < 4.78 is 0. The van der Waals surface area contributed by atoms with E-state index in [1.54, 1.807) is 6.92 Å². The number of carbonyl (C=O) groups is 3. The second kappa shape index (κ2) is 9.36. The summed E-state index contributed by atoms with van der Waals surface area (Å²) in [7, 11) is 0. The molecule has 1 heterocycles. The molecule has 4 nitrogen and oxygen atoms in total. The van der Waals surface area contributed by atoms with Gasteiger partial charge in [0.1, 0.15) is 5.78 Å². The van der Waals surface area contributed by atoms with Gasteiger partial charge >= 0.3 is 0 Å². The molecule has 0 bridgehead atoms.